The van der Waals surface area contributed by atoms with Crippen molar-refractivity contribution in [1.82, 2.24) is 14.3 Å². The van der Waals surface area contributed by atoms with Crippen LogP contribution in [0.2, 0.25) is 0 Å². The number of alkyl halides is 1. The molecule has 0 spiro atoms. The van der Waals surface area contributed by atoms with E-state index in [1.54, 1.807) is 6.20 Å². The molecule has 0 aliphatic carbocycles. The fourth-order valence-corrected chi connectivity index (χ4v) is 4.98. The maximum Gasteiger partial charge on any atom is 0.275 e. The molecule has 1 aromatic heterocycles. The molecule has 2 aromatic rings. The normalized spacial score (nSPS) is 20.3. The van der Waals surface area contributed by atoms with E-state index in [-0.39, 0.29) is 22.9 Å². The van der Waals surface area contributed by atoms with Crippen LogP contribution in [0.15, 0.2) is 35.6 Å². The zero-order valence-electron chi connectivity index (χ0n) is 17.0. The molecule has 1 aromatic carbocycles. The van der Waals surface area contributed by atoms with Gasteiger partial charge >= 0.3 is 0 Å². The summed E-state index contributed by atoms with van der Waals surface area (Å²) in [6, 6.07) is 3.87. The van der Waals surface area contributed by atoms with Gasteiger partial charge in [-0.15, -0.1) is 0 Å². The van der Waals surface area contributed by atoms with Crippen LogP contribution in [0.3, 0.4) is 0 Å². The lowest BCUT2D eigenvalue weighted by molar-refractivity contribution is 0.102. The molecule has 0 fully saturated rings. The molecule has 166 valence electrons. The standard InChI is InChI=1S/C19H22FIN6O3S/c1-19(11-31(29,30)27(2)18(22)26-19)14-8-12(5-6-15(14)20)25-17(28)16-10-23-13(9-24-16)4-3-7-21/h5-6,8-10H,3-4,7,11H2,1-2H3,(H2,22,26)(H,25,28)/t19-/m0/s1. The molecule has 12 heteroatoms. The summed E-state index contributed by atoms with van der Waals surface area (Å²) in [4.78, 5) is 25.1. The first-order valence-electron chi connectivity index (χ1n) is 9.36. The summed E-state index contributed by atoms with van der Waals surface area (Å²) in [6.45, 7) is 1.48. The third kappa shape index (κ3) is 5.11. The molecule has 1 amide bonds. The number of aryl methyl sites for hydroxylation is 1. The van der Waals surface area contributed by atoms with Gasteiger partial charge in [-0.2, -0.15) is 0 Å². The first-order chi connectivity index (χ1) is 14.6. The summed E-state index contributed by atoms with van der Waals surface area (Å²) in [7, 11) is -2.48. The number of carbonyl (C=O) groups is 1. The van der Waals surface area contributed by atoms with Crippen LogP contribution in [-0.2, 0) is 22.0 Å². The Kier molecular flexibility index (Phi) is 6.79. The van der Waals surface area contributed by atoms with Gasteiger partial charge in [0.05, 0.1) is 17.6 Å². The number of nitrogens with one attached hydrogen (secondary N) is 1. The predicted octanol–water partition coefficient (Wildman–Crippen LogP) is 2.04. The lowest BCUT2D eigenvalue weighted by Gasteiger charge is -2.34. The number of halogens is 2. The van der Waals surface area contributed by atoms with Crippen molar-refractivity contribution in [2.45, 2.75) is 25.3 Å². The Bertz CT molecular complexity index is 1130. The number of rotatable bonds is 6. The molecule has 1 atom stereocenters. The van der Waals surface area contributed by atoms with E-state index in [2.05, 4.69) is 42.9 Å². The van der Waals surface area contributed by atoms with Crippen LogP contribution in [-0.4, -0.2) is 51.8 Å². The molecule has 0 radical (unpaired) electrons. The van der Waals surface area contributed by atoms with Crippen molar-refractivity contribution in [2.75, 3.05) is 22.5 Å². The first kappa shape index (κ1) is 23.3. The summed E-state index contributed by atoms with van der Waals surface area (Å²) in [5.74, 6) is -1.87. The summed E-state index contributed by atoms with van der Waals surface area (Å²) >= 11 is 2.28. The van der Waals surface area contributed by atoms with Gasteiger partial charge in [0.25, 0.3) is 5.91 Å². The Hall–Kier alpha value is -2.35. The predicted molar refractivity (Wildman–Crippen MR) is 124 cm³/mol. The van der Waals surface area contributed by atoms with E-state index < -0.39 is 33.0 Å². The molecule has 9 nitrogen and oxygen atoms in total. The summed E-state index contributed by atoms with van der Waals surface area (Å²) < 4.78 is 41.3. The van der Waals surface area contributed by atoms with Gasteiger partial charge < -0.3 is 11.1 Å². The second-order valence-corrected chi connectivity index (χ2v) is 10.4. The van der Waals surface area contributed by atoms with E-state index >= 15 is 0 Å². The Morgan fingerprint density at radius 1 is 1.35 bits per heavy atom. The van der Waals surface area contributed by atoms with Crippen molar-refractivity contribution in [2.24, 2.45) is 10.7 Å². The minimum absolute atomic E-state index is 0.00477. The number of carbonyl (C=O) groups excluding carboxylic acids is 1. The zero-order valence-corrected chi connectivity index (χ0v) is 19.9. The Morgan fingerprint density at radius 2 is 2.10 bits per heavy atom. The number of guanidine groups is 1. The fourth-order valence-electron chi connectivity index (χ4n) is 3.15. The molecule has 0 saturated heterocycles. The minimum atomic E-state index is -3.77. The van der Waals surface area contributed by atoms with Gasteiger partial charge in [-0.25, -0.2) is 27.1 Å². The number of hydrogen-bond donors (Lipinski definition) is 2. The Balaban J connectivity index is 1.85. The Morgan fingerprint density at radius 3 is 2.71 bits per heavy atom. The van der Waals surface area contributed by atoms with Crippen LogP contribution in [0.25, 0.3) is 0 Å². The number of nitrogens with zero attached hydrogens (tertiary/aromatic N) is 4. The van der Waals surface area contributed by atoms with Gasteiger partial charge in [-0.3, -0.25) is 9.78 Å². The number of amides is 1. The fraction of sp³-hybridized carbons (Fsp3) is 0.368. The third-order valence-electron chi connectivity index (χ3n) is 4.87. The lowest BCUT2D eigenvalue weighted by Crippen LogP contribution is -2.50. The van der Waals surface area contributed by atoms with E-state index in [9.17, 15) is 17.6 Å². The summed E-state index contributed by atoms with van der Waals surface area (Å²) in [5, 5.41) is 2.64. The highest BCUT2D eigenvalue weighted by Gasteiger charge is 2.41. The SMILES string of the molecule is CN1C(N)=N[C@](C)(c2cc(NC(=O)c3cnc(CCCI)cn3)ccc2F)CS1(=O)=O. The van der Waals surface area contributed by atoms with Crippen LogP contribution in [0.5, 0.6) is 0 Å². The topological polar surface area (TPSA) is 131 Å². The van der Waals surface area contributed by atoms with E-state index in [4.69, 9.17) is 5.73 Å². The van der Waals surface area contributed by atoms with Crippen molar-refractivity contribution >= 4 is 50.2 Å². The van der Waals surface area contributed by atoms with Crippen molar-refractivity contribution in [3.63, 3.8) is 0 Å². The van der Waals surface area contributed by atoms with Crippen molar-refractivity contribution < 1.29 is 17.6 Å². The molecule has 0 bridgehead atoms. The summed E-state index contributed by atoms with van der Waals surface area (Å²) in [6.07, 6.45) is 4.69. The minimum Gasteiger partial charge on any atom is -0.369 e. The average molecular weight is 560 g/mol. The smallest absolute Gasteiger partial charge is 0.275 e. The molecule has 3 rings (SSSR count). The molecular weight excluding hydrogens is 538 g/mol. The quantitative estimate of drug-likeness (QED) is 0.411. The van der Waals surface area contributed by atoms with Gasteiger partial charge in [0.1, 0.15) is 17.1 Å². The van der Waals surface area contributed by atoms with Crippen LogP contribution in [0.4, 0.5) is 10.1 Å². The van der Waals surface area contributed by atoms with Gasteiger partial charge in [0.2, 0.25) is 16.0 Å². The van der Waals surface area contributed by atoms with Gasteiger partial charge in [0, 0.05) is 24.5 Å². The van der Waals surface area contributed by atoms with Crippen molar-refractivity contribution in [3.8, 4) is 0 Å². The van der Waals surface area contributed by atoms with Gasteiger partial charge in [-0.1, -0.05) is 22.6 Å². The number of sulfonamides is 1. The zero-order chi connectivity index (χ0) is 22.8. The van der Waals surface area contributed by atoms with Crippen LogP contribution < -0.4 is 11.1 Å². The van der Waals surface area contributed by atoms with Crippen LogP contribution >= 0.6 is 22.6 Å². The second-order valence-electron chi connectivity index (χ2n) is 7.30. The lowest BCUT2D eigenvalue weighted by atomic mass is 9.93. The maximum absolute atomic E-state index is 14.6. The van der Waals surface area contributed by atoms with Crippen molar-refractivity contribution in [1.29, 1.82) is 0 Å². The molecular formula is C19H22FIN6O3S. The third-order valence-corrected chi connectivity index (χ3v) is 7.58. The molecule has 2 heterocycles. The number of benzene rings is 1. The molecule has 3 N–H and O–H groups in total. The highest BCUT2D eigenvalue weighted by atomic mass is 127. The number of nitrogens with two attached hydrogens (primary N) is 1. The van der Waals surface area contributed by atoms with E-state index in [0.29, 0.717) is 0 Å². The second kappa shape index (κ2) is 9.02. The molecule has 0 saturated carbocycles. The number of aliphatic imine (C=N–C) groups is 1. The number of aromatic nitrogens is 2. The van der Waals surface area contributed by atoms with Gasteiger partial charge in [-0.05, 0) is 42.4 Å². The van der Waals surface area contributed by atoms with E-state index in [0.717, 1.165) is 33.3 Å². The van der Waals surface area contributed by atoms with E-state index in [1.807, 2.05) is 0 Å². The largest absolute Gasteiger partial charge is 0.369 e. The number of hydrogen-bond acceptors (Lipinski definition) is 7. The first-order valence-corrected chi connectivity index (χ1v) is 12.5. The van der Waals surface area contributed by atoms with Crippen LogP contribution in [0.1, 0.15) is 35.1 Å². The number of anilines is 1. The molecule has 1 aliphatic heterocycles. The highest BCUT2D eigenvalue weighted by Crippen LogP contribution is 2.34. The van der Waals surface area contributed by atoms with E-state index in [1.165, 1.54) is 32.3 Å². The van der Waals surface area contributed by atoms with Crippen LogP contribution in [0, 0.1) is 5.82 Å². The van der Waals surface area contributed by atoms with Crippen molar-refractivity contribution in [3.05, 3.63) is 53.4 Å². The van der Waals surface area contributed by atoms with Gasteiger partial charge in [0.15, 0.2) is 0 Å². The summed E-state index contributed by atoms with van der Waals surface area (Å²) in [5.41, 5.74) is 5.48. The molecule has 1 aliphatic rings. The highest BCUT2D eigenvalue weighted by molar-refractivity contribution is 14.1. The monoisotopic (exact) mass is 560 g/mol. The average Bonchev–Trinajstić information content (AvgIpc) is 2.71. The Labute approximate surface area is 193 Å². The molecule has 0 unspecified atom stereocenters. The molecule has 31 heavy (non-hydrogen) atoms. The maximum atomic E-state index is 14.6.